The standard InChI is InChI=1S/C16H21N5OS/c1-3-14(9-17-5-1)10-20-7-8-22-16(11-20)4-2-6-21(12-16)15-19-18-13-23-15/h1,3,5,9,13H,2,4,6-8,10-12H2/t16-/m1/s1. The quantitative estimate of drug-likeness (QED) is 0.855. The van der Waals surface area contributed by atoms with Crippen LogP contribution in [0.5, 0.6) is 0 Å². The van der Waals surface area contributed by atoms with Gasteiger partial charge in [-0.3, -0.25) is 9.88 Å². The summed E-state index contributed by atoms with van der Waals surface area (Å²) in [7, 11) is 0. The first-order chi connectivity index (χ1) is 11.3. The second kappa shape index (κ2) is 6.51. The van der Waals surface area contributed by atoms with Gasteiger partial charge in [0.15, 0.2) is 0 Å². The lowest BCUT2D eigenvalue weighted by molar-refractivity contribution is -0.116. The molecule has 23 heavy (non-hydrogen) atoms. The van der Waals surface area contributed by atoms with Crippen LogP contribution < -0.4 is 4.90 Å². The molecule has 2 aliphatic heterocycles. The van der Waals surface area contributed by atoms with Crippen molar-refractivity contribution in [1.82, 2.24) is 20.1 Å². The van der Waals surface area contributed by atoms with Gasteiger partial charge in [-0.1, -0.05) is 17.4 Å². The number of ether oxygens (including phenoxy) is 1. The highest BCUT2D eigenvalue weighted by atomic mass is 32.1. The van der Waals surface area contributed by atoms with E-state index in [0.29, 0.717) is 0 Å². The van der Waals surface area contributed by atoms with Gasteiger partial charge < -0.3 is 9.64 Å². The molecule has 2 aromatic heterocycles. The van der Waals surface area contributed by atoms with Crippen molar-refractivity contribution in [2.24, 2.45) is 0 Å². The molecule has 2 saturated heterocycles. The molecule has 2 aromatic rings. The molecule has 4 heterocycles. The van der Waals surface area contributed by atoms with E-state index in [1.54, 1.807) is 16.8 Å². The molecule has 6 nitrogen and oxygen atoms in total. The predicted molar refractivity (Wildman–Crippen MR) is 89.6 cm³/mol. The molecule has 0 N–H and O–H groups in total. The van der Waals surface area contributed by atoms with E-state index in [1.807, 2.05) is 18.5 Å². The van der Waals surface area contributed by atoms with E-state index in [-0.39, 0.29) is 5.60 Å². The summed E-state index contributed by atoms with van der Waals surface area (Å²) < 4.78 is 6.26. The number of piperidine rings is 1. The summed E-state index contributed by atoms with van der Waals surface area (Å²) in [6.07, 6.45) is 6.04. The zero-order chi connectivity index (χ0) is 15.5. The molecule has 0 bridgehead atoms. The molecule has 0 aromatic carbocycles. The fourth-order valence-electron chi connectivity index (χ4n) is 3.62. The van der Waals surface area contributed by atoms with E-state index in [0.717, 1.165) is 57.3 Å². The lowest BCUT2D eigenvalue weighted by Crippen LogP contribution is -2.59. The van der Waals surface area contributed by atoms with Crippen LogP contribution in [0.3, 0.4) is 0 Å². The lowest BCUT2D eigenvalue weighted by atomic mass is 9.91. The van der Waals surface area contributed by atoms with Gasteiger partial charge >= 0.3 is 0 Å². The van der Waals surface area contributed by atoms with E-state index in [2.05, 4.69) is 31.0 Å². The molecule has 2 aliphatic rings. The molecule has 122 valence electrons. The molecule has 0 amide bonds. The van der Waals surface area contributed by atoms with Crippen molar-refractivity contribution in [3.8, 4) is 0 Å². The fourth-order valence-corrected chi connectivity index (χ4v) is 4.21. The predicted octanol–water partition coefficient (Wildman–Crippen LogP) is 1.80. The summed E-state index contributed by atoms with van der Waals surface area (Å²) in [5, 5.41) is 9.20. The van der Waals surface area contributed by atoms with Crippen molar-refractivity contribution in [1.29, 1.82) is 0 Å². The van der Waals surface area contributed by atoms with Gasteiger partial charge in [-0.2, -0.15) is 0 Å². The van der Waals surface area contributed by atoms with Gasteiger partial charge in [0.1, 0.15) is 5.51 Å². The van der Waals surface area contributed by atoms with Gasteiger partial charge in [0.2, 0.25) is 5.13 Å². The molecule has 1 atom stereocenters. The van der Waals surface area contributed by atoms with E-state index in [4.69, 9.17) is 4.74 Å². The van der Waals surface area contributed by atoms with Crippen LogP contribution in [0, 0.1) is 0 Å². The van der Waals surface area contributed by atoms with Crippen molar-refractivity contribution in [3.63, 3.8) is 0 Å². The van der Waals surface area contributed by atoms with Crippen LogP contribution in [-0.2, 0) is 11.3 Å². The summed E-state index contributed by atoms with van der Waals surface area (Å²) in [6.45, 7) is 5.64. The molecule has 7 heteroatoms. The maximum Gasteiger partial charge on any atom is 0.208 e. The number of rotatable bonds is 3. The molecule has 1 spiro atoms. The Morgan fingerprint density at radius 3 is 3.13 bits per heavy atom. The SMILES string of the molecule is c1cncc(CN2CCO[C@]3(CCCN(c4nncs4)C3)C2)c1. The zero-order valence-corrected chi connectivity index (χ0v) is 13.9. The van der Waals surface area contributed by atoms with Gasteiger partial charge in [-0.05, 0) is 24.5 Å². The highest BCUT2D eigenvalue weighted by Crippen LogP contribution is 2.32. The number of nitrogens with zero attached hydrogens (tertiary/aromatic N) is 5. The van der Waals surface area contributed by atoms with Gasteiger partial charge in [-0.25, -0.2) is 0 Å². The Bertz CT molecular complexity index is 619. The van der Waals surface area contributed by atoms with Crippen molar-refractivity contribution in [2.45, 2.75) is 25.0 Å². The molecule has 0 radical (unpaired) electrons. The largest absolute Gasteiger partial charge is 0.370 e. The van der Waals surface area contributed by atoms with Crippen molar-refractivity contribution >= 4 is 16.5 Å². The smallest absolute Gasteiger partial charge is 0.208 e. The first kappa shape index (κ1) is 15.0. The average molecular weight is 331 g/mol. The molecule has 0 unspecified atom stereocenters. The van der Waals surface area contributed by atoms with Crippen molar-refractivity contribution in [3.05, 3.63) is 35.6 Å². The van der Waals surface area contributed by atoms with Crippen LogP contribution >= 0.6 is 11.3 Å². The Labute approximate surface area is 140 Å². The molecular formula is C16H21N5OS. The van der Waals surface area contributed by atoms with Gasteiger partial charge in [-0.15, -0.1) is 10.2 Å². The molecular weight excluding hydrogens is 310 g/mol. The second-order valence-electron chi connectivity index (χ2n) is 6.35. The Kier molecular flexibility index (Phi) is 4.24. The lowest BCUT2D eigenvalue weighted by Gasteiger charge is -2.48. The minimum atomic E-state index is -0.0790. The third-order valence-electron chi connectivity index (χ3n) is 4.61. The number of hydrogen-bond donors (Lipinski definition) is 0. The Hall–Kier alpha value is -1.57. The zero-order valence-electron chi connectivity index (χ0n) is 13.1. The monoisotopic (exact) mass is 331 g/mol. The van der Waals surface area contributed by atoms with Crippen LogP contribution in [0.2, 0.25) is 0 Å². The van der Waals surface area contributed by atoms with Crippen LogP contribution in [0.4, 0.5) is 5.13 Å². The maximum atomic E-state index is 6.26. The maximum absolute atomic E-state index is 6.26. The van der Waals surface area contributed by atoms with Gasteiger partial charge in [0.25, 0.3) is 0 Å². The van der Waals surface area contributed by atoms with E-state index < -0.39 is 0 Å². The molecule has 2 fully saturated rings. The van der Waals surface area contributed by atoms with Crippen molar-refractivity contribution < 1.29 is 4.74 Å². The van der Waals surface area contributed by atoms with Crippen LogP contribution in [0.15, 0.2) is 30.0 Å². The summed E-state index contributed by atoms with van der Waals surface area (Å²) in [6, 6.07) is 4.15. The summed E-state index contributed by atoms with van der Waals surface area (Å²) in [4.78, 5) is 9.04. The van der Waals surface area contributed by atoms with E-state index in [1.165, 1.54) is 5.56 Å². The highest BCUT2D eigenvalue weighted by molar-refractivity contribution is 7.13. The van der Waals surface area contributed by atoms with Crippen LogP contribution in [-0.4, -0.2) is 58.5 Å². The Balaban J connectivity index is 1.45. The highest BCUT2D eigenvalue weighted by Gasteiger charge is 2.41. The van der Waals surface area contributed by atoms with Crippen molar-refractivity contribution in [2.75, 3.05) is 37.7 Å². The van der Waals surface area contributed by atoms with E-state index >= 15 is 0 Å². The Morgan fingerprint density at radius 1 is 1.30 bits per heavy atom. The summed E-state index contributed by atoms with van der Waals surface area (Å²) in [5.74, 6) is 0. The van der Waals surface area contributed by atoms with E-state index in [9.17, 15) is 0 Å². The Morgan fingerprint density at radius 2 is 2.30 bits per heavy atom. The number of aromatic nitrogens is 3. The summed E-state index contributed by atoms with van der Waals surface area (Å²) >= 11 is 1.61. The molecule has 0 aliphatic carbocycles. The minimum absolute atomic E-state index is 0.0790. The van der Waals surface area contributed by atoms with Crippen LogP contribution in [0.1, 0.15) is 18.4 Å². The number of anilines is 1. The topological polar surface area (TPSA) is 54.4 Å². The molecule has 4 rings (SSSR count). The third-order valence-corrected chi connectivity index (χ3v) is 5.37. The third kappa shape index (κ3) is 3.36. The number of hydrogen-bond acceptors (Lipinski definition) is 7. The van der Waals surface area contributed by atoms with Crippen LogP contribution in [0.25, 0.3) is 0 Å². The number of pyridine rings is 1. The van der Waals surface area contributed by atoms with Gasteiger partial charge in [0.05, 0.1) is 18.8 Å². The average Bonchev–Trinajstić information content (AvgIpc) is 3.10. The number of morpholine rings is 1. The minimum Gasteiger partial charge on any atom is -0.370 e. The first-order valence-corrected chi connectivity index (χ1v) is 8.97. The normalized spacial score (nSPS) is 25.8. The second-order valence-corrected chi connectivity index (χ2v) is 7.16. The molecule has 0 saturated carbocycles. The summed E-state index contributed by atoms with van der Waals surface area (Å²) in [5.41, 5.74) is 2.98. The fraction of sp³-hybridized carbons (Fsp3) is 0.562. The first-order valence-electron chi connectivity index (χ1n) is 8.09. The van der Waals surface area contributed by atoms with Gasteiger partial charge in [0, 0.05) is 38.6 Å².